The second-order valence-corrected chi connectivity index (χ2v) is 5.85. The van der Waals surface area contributed by atoms with E-state index in [1.807, 2.05) is 6.07 Å². The molecule has 1 fully saturated rings. The second kappa shape index (κ2) is 5.51. The van der Waals surface area contributed by atoms with Crippen molar-refractivity contribution in [3.63, 3.8) is 0 Å². The van der Waals surface area contributed by atoms with Crippen LogP contribution in [0.15, 0.2) is 30.7 Å². The van der Waals surface area contributed by atoms with Crippen LogP contribution in [0.2, 0.25) is 0 Å². The van der Waals surface area contributed by atoms with Crippen LogP contribution < -0.4 is 16.8 Å². The van der Waals surface area contributed by atoms with E-state index in [0.717, 1.165) is 36.1 Å². The minimum atomic E-state index is 0.229. The van der Waals surface area contributed by atoms with Crippen molar-refractivity contribution in [1.29, 1.82) is 0 Å². The topological polar surface area (TPSA) is 108 Å². The van der Waals surface area contributed by atoms with Crippen LogP contribution in [-0.4, -0.2) is 32.6 Å². The van der Waals surface area contributed by atoms with Gasteiger partial charge in [-0.05, 0) is 31.5 Å². The van der Waals surface area contributed by atoms with Gasteiger partial charge in [0.1, 0.15) is 5.65 Å². The summed E-state index contributed by atoms with van der Waals surface area (Å²) in [5.74, 6) is 0.229. The molecule has 118 valence electrons. The summed E-state index contributed by atoms with van der Waals surface area (Å²) in [5.41, 5.74) is 15.1. The Kier molecular flexibility index (Phi) is 3.34. The average Bonchev–Trinajstić information content (AvgIpc) is 3.01. The van der Waals surface area contributed by atoms with Crippen LogP contribution in [0, 0.1) is 0 Å². The van der Waals surface area contributed by atoms with Crippen molar-refractivity contribution in [3.05, 3.63) is 30.7 Å². The van der Waals surface area contributed by atoms with E-state index in [-0.39, 0.29) is 5.95 Å². The van der Waals surface area contributed by atoms with E-state index < -0.39 is 0 Å². The van der Waals surface area contributed by atoms with Gasteiger partial charge in [-0.2, -0.15) is 0 Å². The molecule has 0 bridgehead atoms. The number of pyridine rings is 1. The molecular weight excluding hydrogens is 290 g/mol. The molecule has 0 saturated carbocycles. The van der Waals surface area contributed by atoms with E-state index in [1.165, 1.54) is 6.42 Å². The number of hydrogen-bond acceptors (Lipinski definition) is 6. The highest BCUT2D eigenvalue weighted by Crippen LogP contribution is 2.32. The van der Waals surface area contributed by atoms with E-state index in [4.69, 9.17) is 11.5 Å². The predicted octanol–water partition coefficient (Wildman–Crippen LogP) is 1.58. The summed E-state index contributed by atoms with van der Waals surface area (Å²) in [4.78, 5) is 12.8. The lowest BCUT2D eigenvalue weighted by Gasteiger charge is -2.24. The molecule has 1 aliphatic heterocycles. The molecule has 1 saturated heterocycles. The molecule has 1 unspecified atom stereocenters. The largest absolute Gasteiger partial charge is 0.398 e. The number of hydrogen-bond donors (Lipinski definition) is 3. The minimum absolute atomic E-state index is 0.229. The molecule has 5 N–H and O–H groups in total. The van der Waals surface area contributed by atoms with Crippen molar-refractivity contribution in [2.45, 2.75) is 18.9 Å². The zero-order valence-electron chi connectivity index (χ0n) is 12.7. The first-order chi connectivity index (χ1) is 11.2. The predicted molar refractivity (Wildman–Crippen MR) is 90.7 cm³/mol. The lowest BCUT2D eigenvalue weighted by atomic mass is 10.1. The molecule has 0 spiro atoms. The molecule has 1 atom stereocenters. The van der Waals surface area contributed by atoms with Gasteiger partial charge < -0.3 is 21.4 Å². The zero-order chi connectivity index (χ0) is 15.8. The number of anilines is 2. The number of rotatable bonds is 2. The van der Waals surface area contributed by atoms with Gasteiger partial charge in [0, 0.05) is 42.1 Å². The maximum atomic E-state index is 6.37. The van der Waals surface area contributed by atoms with E-state index in [2.05, 4.69) is 31.0 Å². The fourth-order valence-electron chi connectivity index (χ4n) is 3.22. The summed E-state index contributed by atoms with van der Waals surface area (Å²) in [6.07, 6.45) is 7.80. The van der Waals surface area contributed by atoms with Crippen molar-refractivity contribution in [2.24, 2.45) is 0 Å². The Morgan fingerprint density at radius 2 is 2.13 bits per heavy atom. The van der Waals surface area contributed by atoms with Crippen LogP contribution in [0.5, 0.6) is 0 Å². The molecular formula is C16H19N7. The van der Waals surface area contributed by atoms with Gasteiger partial charge in [-0.1, -0.05) is 0 Å². The number of fused-ring (bicyclic) bond motifs is 1. The summed E-state index contributed by atoms with van der Waals surface area (Å²) in [6, 6.07) is 4.24. The van der Waals surface area contributed by atoms with Gasteiger partial charge >= 0.3 is 0 Å². The Morgan fingerprint density at radius 3 is 2.91 bits per heavy atom. The molecule has 0 radical (unpaired) electrons. The van der Waals surface area contributed by atoms with E-state index in [0.29, 0.717) is 17.4 Å². The molecule has 1 aliphatic rings. The lowest BCUT2D eigenvalue weighted by molar-refractivity contribution is 0.378. The van der Waals surface area contributed by atoms with Crippen molar-refractivity contribution >= 4 is 22.7 Å². The quantitative estimate of drug-likeness (QED) is 0.663. The monoisotopic (exact) mass is 309 g/mol. The highest BCUT2D eigenvalue weighted by molar-refractivity contribution is 5.96. The van der Waals surface area contributed by atoms with Crippen LogP contribution in [0.1, 0.15) is 18.9 Å². The smallest absolute Gasteiger partial charge is 0.220 e. The molecule has 0 amide bonds. The Labute approximate surface area is 133 Å². The van der Waals surface area contributed by atoms with Gasteiger partial charge in [-0.3, -0.25) is 0 Å². The number of nitrogens with one attached hydrogen (secondary N) is 1. The molecule has 7 heteroatoms. The summed E-state index contributed by atoms with van der Waals surface area (Å²) in [6.45, 7) is 2.06. The molecule has 3 aromatic rings. The number of piperidine rings is 1. The van der Waals surface area contributed by atoms with Gasteiger partial charge in [0.15, 0.2) is 0 Å². The minimum Gasteiger partial charge on any atom is -0.398 e. The third-order valence-electron chi connectivity index (χ3n) is 4.40. The van der Waals surface area contributed by atoms with Gasteiger partial charge in [0.25, 0.3) is 0 Å². The van der Waals surface area contributed by atoms with Crippen molar-refractivity contribution in [2.75, 3.05) is 24.6 Å². The fraction of sp³-hybridized carbons (Fsp3) is 0.312. The fourth-order valence-corrected chi connectivity index (χ4v) is 3.22. The van der Waals surface area contributed by atoms with Gasteiger partial charge in [-0.15, -0.1) is 0 Å². The normalized spacial score (nSPS) is 18.3. The standard InChI is InChI=1S/C16H19N7/c17-14-11-4-7-23(10-2-1-5-19-8-10)15(11)21-9-12(14)13-3-6-20-16(18)22-13/h3-4,6-7,9-10,19H,1-2,5,8H2,(H2,17,21)(H2,18,20,22). The average molecular weight is 309 g/mol. The van der Waals surface area contributed by atoms with Gasteiger partial charge in [0.05, 0.1) is 11.4 Å². The number of aromatic nitrogens is 4. The zero-order valence-corrected chi connectivity index (χ0v) is 12.7. The number of nitrogens with two attached hydrogens (primary N) is 2. The van der Waals surface area contributed by atoms with E-state index in [9.17, 15) is 0 Å². The van der Waals surface area contributed by atoms with Crippen molar-refractivity contribution in [1.82, 2.24) is 24.8 Å². The lowest BCUT2D eigenvalue weighted by Crippen LogP contribution is -2.31. The first-order valence-electron chi connectivity index (χ1n) is 7.78. The summed E-state index contributed by atoms with van der Waals surface area (Å²) in [7, 11) is 0. The summed E-state index contributed by atoms with van der Waals surface area (Å²) < 4.78 is 2.22. The van der Waals surface area contributed by atoms with Crippen molar-refractivity contribution in [3.8, 4) is 11.3 Å². The third-order valence-corrected chi connectivity index (χ3v) is 4.40. The Balaban J connectivity index is 1.80. The molecule has 0 aliphatic carbocycles. The maximum absolute atomic E-state index is 6.37. The van der Waals surface area contributed by atoms with Crippen LogP contribution in [0.4, 0.5) is 11.6 Å². The molecule has 23 heavy (non-hydrogen) atoms. The molecule has 4 rings (SSSR count). The summed E-state index contributed by atoms with van der Waals surface area (Å²) in [5, 5.41) is 4.38. The Hall–Kier alpha value is -2.67. The van der Waals surface area contributed by atoms with Crippen LogP contribution in [0.3, 0.4) is 0 Å². The van der Waals surface area contributed by atoms with Crippen LogP contribution in [0.25, 0.3) is 22.3 Å². The highest BCUT2D eigenvalue weighted by Gasteiger charge is 2.19. The molecule has 3 aromatic heterocycles. The molecule has 7 nitrogen and oxygen atoms in total. The Morgan fingerprint density at radius 1 is 1.22 bits per heavy atom. The first kappa shape index (κ1) is 14.0. The highest BCUT2D eigenvalue weighted by atomic mass is 15.1. The van der Waals surface area contributed by atoms with Gasteiger partial charge in [-0.25, -0.2) is 15.0 Å². The SMILES string of the molecule is Nc1nccc(-c2cnc3c(ccn3C3CCCNC3)c2N)n1. The van der Waals surface area contributed by atoms with Gasteiger partial charge in [0.2, 0.25) is 5.95 Å². The summed E-state index contributed by atoms with van der Waals surface area (Å²) >= 11 is 0. The first-order valence-corrected chi connectivity index (χ1v) is 7.78. The van der Waals surface area contributed by atoms with E-state index in [1.54, 1.807) is 18.5 Å². The molecule has 0 aromatic carbocycles. The van der Waals surface area contributed by atoms with E-state index >= 15 is 0 Å². The Bertz CT molecular complexity index is 849. The third kappa shape index (κ3) is 2.39. The van der Waals surface area contributed by atoms with Crippen LogP contribution in [-0.2, 0) is 0 Å². The van der Waals surface area contributed by atoms with Crippen LogP contribution >= 0.6 is 0 Å². The maximum Gasteiger partial charge on any atom is 0.220 e. The number of nitrogens with zero attached hydrogens (tertiary/aromatic N) is 4. The molecule has 4 heterocycles. The number of nitrogen functional groups attached to an aromatic ring is 2. The second-order valence-electron chi connectivity index (χ2n) is 5.85. The van der Waals surface area contributed by atoms with Crippen molar-refractivity contribution < 1.29 is 0 Å².